The van der Waals surface area contributed by atoms with Gasteiger partial charge in [0, 0.05) is 11.3 Å². The number of nitrogens with two attached hydrogens (primary N) is 1. The number of aromatic nitrogens is 4. The summed E-state index contributed by atoms with van der Waals surface area (Å²) in [5, 5.41) is 9.12. The number of hydrogen-bond acceptors (Lipinski definition) is 5. The molecule has 7 nitrogen and oxygen atoms in total. The van der Waals surface area contributed by atoms with Crippen molar-refractivity contribution in [2.45, 2.75) is 26.3 Å². The van der Waals surface area contributed by atoms with E-state index in [0.29, 0.717) is 17.2 Å². The van der Waals surface area contributed by atoms with Gasteiger partial charge in [0.05, 0.1) is 6.54 Å². The largest absolute Gasteiger partial charge is 0.384 e. The summed E-state index contributed by atoms with van der Waals surface area (Å²) in [5.41, 5.74) is 7.00. The van der Waals surface area contributed by atoms with E-state index in [-0.39, 0.29) is 18.4 Å². The van der Waals surface area contributed by atoms with E-state index in [1.54, 1.807) is 12.1 Å². The molecule has 2 aromatic rings. The molecule has 4 N–H and O–H groups in total. The highest BCUT2D eigenvalue weighted by atomic mass is 16.1. The van der Waals surface area contributed by atoms with Crippen molar-refractivity contribution >= 4 is 11.7 Å². The summed E-state index contributed by atoms with van der Waals surface area (Å²) >= 11 is 0. The number of amides is 1. The number of aromatic amines is 1. The number of nitrogens with one attached hydrogen (secondary N) is 2. The van der Waals surface area contributed by atoms with Crippen LogP contribution in [0.1, 0.15) is 41.6 Å². The highest BCUT2D eigenvalue weighted by Crippen LogP contribution is 2.15. The van der Waals surface area contributed by atoms with Crippen LogP contribution in [0.2, 0.25) is 0 Å². The third-order valence-corrected chi connectivity index (χ3v) is 2.60. The van der Waals surface area contributed by atoms with Crippen LogP contribution in [0.3, 0.4) is 0 Å². The van der Waals surface area contributed by atoms with Crippen molar-refractivity contribution in [3.8, 4) is 0 Å². The van der Waals surface area contributed by atoms with Gasteiger partial charge in [-0.05, 0) is 18.1 Å². The van der Waals surface area contributed by atoms with Crippen LogP contribution in [0.15, 0.2) is 18.5 Å². The zero-order valence-corrected chi connectivity index (χ0v) is 10.8. The van der Waals surface area contributed by atoms with E-state index in [2.05, 4.69) is 25.5 Å². The average molecular weight is 260 g/mol. The average Bonchev–Trinajstić information content (AvgIpc) is 2.88. The number of H-pyrrole nitrogens is 1. The zero-order valence-electron chi connectivity index (χ0n) is 10.8. The Morgan fingerprint density at radius 3 is 2.89 bits per heavy atom. The number of anilines is 1. The van der Waals surface area contributed by atoms with Crippen molar-refractivity contribution in [1.29, 1.82) is 0 Å². The SMILES string of the molecule is CC(C)c1cc(C(=O)NCc2ncn[nH]2)cc(N)n1. The topological polar surface area (TPSA) is 110 Å². The number of nitrogens with zero attached hydrogens (tertiary/aromatic N) is 3. The Morgan fingerprint density at radius 2 is 2.26 bits per heavy atom. The van der Waals surface area contributed by atoms with Crippen molar-refractivity contribution in [1.82, 2.24) is 25.5 Å². The number of pyridine rings is 1. The van der Waals surface area contributed by atoms with Crippen LogP contribution in [0.5, 0.6) is 0 Å². The molecule has 2 rings (SSSR count). The number of rotatable bonds is 4. The van der Waals surface area contributed by atoms with Gasteiger partial charge in [-0.15, -0.1) is 0 Å². The Bertz CT molecular complexity index is 564. The van der Waals surface area contributed by atoms with Crippen molar-refractivity contribution in [3.63, 3.8) is 0 Å². The maximum atomic E-state index is 12.0. The molecule has 0 saturated heterocycles. The molecule has 0 spiro atoms. The normalized spacial score (nSPS) is 10.7. The van der Waals surface area contributed by atoms with E-state index in [0.717, 1.165) is 5.69 Å². The van der Waals surface area contributed by atoms with E-state index in [9.17, 15) is 4.79 Å². The van der Waals surface area contributed by atoms with Gasteiger partial charge in [-0.1, -0.05) is 13.8 Å². The highest BCUT2D eigenvalue weighted by Gasteiger charge is 2.11. The summed E-state index contributed by atoms with van der Waals surface area (Å²) in [6.07, 6.45) is 1.39. The monoisotopic (exact) mass is 260 g/mol. The molecule has 100 valence electrons. The Morgan fingerprint density at radius 1 is 1.47 bits per heavy atom. The molecule has 19 heavy (non-hydrogen) atoms. The predicted octanol–water partition coefficient (Wildman–Crippen LogP) is 0.835. The molecule has 1 amide bonds. The van der Waals surface area contributed by atoms with Gasteiger partial charge in [-0.25, -0.2) is 9.97 Å². The van der Waals surface area contributed by atoms with Gasteiger partial charge in [0.2, 0.25) is 0 Å². The second kappa shape index (κ2) is 5.47. The predicted molar refractivity (Wildman–Crippen MR) is 70.3 cm³/mol. The van der Waals surface area contributed by atoms with Crippen LogP contribution < -0.4 is 11.1 Å². The molecule has 0 aromatic carbocycles. The third-order valence-electron chi connectivity index (χ3n) is 2.60. The fourth-order valence-corrected chi connectivity index (χ4v) is 1.58. The standard InChI is InChI=1S/C12H16N6O/c1-7(2)9-3-8(4-10(13)17-9)12(19)14-5-11-15-6-16-18-11/h3-4,6-7H,5H2,1-2H3,(H2,13,17)(H,14,19)(H,15,16,18). The minimum absolute atomic E-state index is 0.212. The molecule has 2 aromatic heterocycles. The summed E-state index contributed by atoms with van der Waals surface area (Å²) < 4.78 is 0. The van der Waals surface area contributed by atoms with Crippen molar-refractivity contribution in [3.05, 3.63) is 35.5 Å². The molecular formula is C12H16N6O. The minimum Gasteiger partial charge on any atom is -0.384 e. The lowest BCUT2D eigenvalue weighted by Crippen LogP contribution is -2.24. The summed E-state index contributed by atoms with van der Waals surface area (Å²) in [7, 11) is 0. The first-order chi connectivity index (χ1) is 9.06. The van der Waals surface area contributed by atoms with Gasteiger partial charge in [0.25, 0.3) is 5.91 Å². The Labute approximate surface area is 110 Å². The first-order valence-corrected chi connectivity index (χ1v) is 5.96. The molecule has 0 aliphatic heterocycles. The summed E-state index contributed by atoms with van der Waals surface area (Å²) in [4.78, 5) is 20.1. The molecule has 0 saturated carbocycles. The van der Waals surface area contributed by atoms with Crippen LogP contribution in [-0.4, -0.2) is 26.1 Å². The second-order valence-electron chi connectivity index (χ2n) is 4.48. The van der Waals surface area contributed by atoms with Gasteiger partial charge in [-0.3, -0.25) is 9.89 Å². The van der Waals surface area contributed by atoms with E-state index in [4.69, 9.17) is 5.73 Å². The molecule has 0 fully saturated rings. The first-order valence-electron chi connectivity index (χ1n) is 5.96. The number of nitrogen functional groups attached to an aromatic ring is 1. The fourth-order valence-electron chi connectivity index (χ4n) is 1.58. The van der Waals surface area contributed by atoms with Crippen LogP contribution >= 0.6 is 0 Å². The molecule has 0 unspecified atom stereocenters. The summed E-state index contributed by atoms with van der Waals surface area (Å²) in [6.45, 7) is 4.29. The Balaban J connectivity index is 2.10. The maximum absolute atomic E-state index is 12.0. The number of carbonyl (C=O) groups excluding carboxylic acids is 1. The number of hydrogen-bond donors (Lipinski definition) is 3. The quantitative estimate of drug-likeness (QED) is 0.754. The molecule has 0 radical (unpaired) electrons. The molecule has 0 bridgehead atoms. The van der Waals surface area contributed by atoms with Crippen LogP contribution in [0.4, 0.5) is 5.82 Å². The molecule has 0 aliphatic rings. The van der Waals surface area contributed by atoms with Crippen molar-refractivity contribution in [2.24, 2.45) is 0 Å². The molecule has 0 atom stereocenters. The molecule has 7 heteroatoms. The Kier molecular flexibility index (Phi) is 3.74. The lowest BCUT2D eigenvalue weighted by Gasteiger charge is -2.09. The lowest BCUT2D eigenvalue weighted by atomic mass is 10.1. The minimum atomic E-state index is -0.215. The molecule has 0 aliphatic carbocycles. The highest BCUT2D eigenvalue weighted by molar-refractivity contribution is 5.94. The third kappa shape index (κ3) is 3.27. The van der Waals surface area contributed by atoms with Gasteiger partial charge >= 0.3 is 0 Å². The lowest BCUT2D eigenvalue weighted by molar-refractivity contribution is 0.0949. The van der Waals surface area contributed by atoms with Crippen LogP contribution in [-0.2, 0) is 6.54 Å². The van der Waals surface area contributed by atoms with Gasteiger partial charge in [0.1, 0.15) is 18.0 Å². The molecule has 2 heterocycles. The van der Waals surface area contributed by atoms with Crippen LogP contribution in [0, 0.1) is 0 Å². The maximum Gasteiger partial charge on any atom is 0.251 e. The number of carbonyl (C=O) groups is 1. The molecular weight excluding hydrogens is 244 g/mol. The fraction of sp³-hybridized carbons (Fsp3) is 0.333. The summed E-state index contributed by atoms with van der Waals surface area (Å²) in [6, 6.07) is 3.30. The van der Waals surface area contributed by atoms with E-state index in [1.807, 2.05) is 13.8 Å². The van der Waals surface area contributed by atoms with E-state index >= 15 is 0 Å². The van der Waals surface area contributed by atoms with E-state index < -0.39 is 0 Å². The zero-order chi connectivity index (χ0) is 13.8. The Hall–Kier alpha value is -2.44. The van der Waals surface area contributed by atoms with Crippen molar-refractivity contribution in [2.75, 3.05) is 5.73 Å². The van der Waals surface area contributed by atoms with E-state index in [1.165, 1.54) is 6.33 Å². The van der Waals surface area contributed by atoms with Gasteiger partial charge < -0.3 is 11.1 Å². The van der Waals surface area contributed by atoms with Crippen LogP contribution in [0.25, 0.3) is 0 Å². The van der Waals surface area contributed by atoms with Gasteiger partial charge in [-0.2, -0.15) is 5.10 Å². The smallest absolute Gasteiger partial charge is 0.251 e. The van der Waals surface area contributed by atoms with Crippen molar-refractivity contribution < 1.29 is 4.79 Å². The second-order valence-corrected chi connectivity index (χ2v) is 4.48. The van der Waals surface area contributed by atoms with Gasteiger partial charge in [0.15, 0.2) is 0 Å². The summed E-state index contributed by atoms with van der Waals surface area (Å²) in [5.74, 6) is 0.937. The first kappa shape index (κ1) is 13.0.